The van der Waals surface area contributed by atoms with Gasteiger partial charge in [-0.2, -0.15) is 18.2 Å². The molecule has 2 heterocycles. The van der Waals surface area contributed by atoms with Gasteiger partial charge in [-0.1, -0.05) is 36.4 Å². The van der Waals surface area contributed by atoms with Gasteiger partial charge in [0, 0.05) is 17.0 Å². The molecule has 0 radical (unpaired) electrons. The Morgan fingerprint density at radius 3 is 2.32 bits per heavy atom. The van der Waals surface area contributed by atoms with E-state index in [9.17, 15) is 17.6 Å². The summed E-state index contributed by atoms with van der Waals surface area (Å²) in [5.41, 5.74) is 7.18. The first kappa shape index (κ1) is 24.9. The molecule has 6 nitrogen and oxygen atoms in total. The van der Waals surface area contributed by atoms with Crippen molar-refractivity contribution in [2.45, 2.75) is 19.1 Å². The average molecular weight is 520 g/mol. The van der Waals surface area contributed by atoms with Crippen LogP contribution in [0, 0.1) is 5.82 Å². The number of fused-ring (bicyclic) bond motifs is 1. The fourth-order valence-electron chi connectivity index (χ4n) is 3.88. The smallest absolute Gasteiger partial charge is 0.416 e. The minimum atomic E-state index is -4.46. The van der Waals surface area contributed by atoms with E-state index in [-0.39, 0.29) is 23.7 Å². The maximum atomic E-state index is 13.4. The molecule has 0 spiro atoms. The summed E-state index contributed by atoms with van der Waals surface area (Å²) >= 11 is 0. The lowest BCUT2D eigenvalue weighted by molar-refractivity contribution is -0.137. The van der Waals surface area contributed by atoms with Gasteiger partial charge in [0.15, 0.2) is 5.75 Å². The molecule has 1 atom stereocenters. The highest BCUT2D eigenvalue weighted by Crippen LogP contribution is 2.34. The van der Waals surface area contributed by atoms with Crippen molar-refractivity contribution < 1.29 is 22.3 Å². The van der Waals surface area contributed by atoms with E-state index in [4.69, 9.17) is 10.5 Å². The van der Waals surface area contributed by atoms with Gasteiger partial charge in [0.2, 0.25) is 11.8 Å². The van der Waals surface area contributed by atoms with Crippen molar-refractivity contribution in [3.63, 3.8) is 0 Å². The normalized spacial score (nSPS) is 12.3. The highest BCUT2D eigenvalue weighted by atomic mass is 19.4. The van der Waals surface area contributed by atoms with E-state index in [1.165, 1.54) is 30.3 Å². The molecule has 0 aliphatic heterocycles. The van der Waals surface area contributed by atoms with E-state index in [1.807, 2.05) is 19.1 Å². The summed E-state index contributed by atoms with van der Waals surface area (Å²) in [6.45, 7) is 1.85. The zero-order valence-corrected chi connectivity index (χ0v) is 20.0. The number of nitrogens with one attached hydrogen (secondary N) is 1. The number of benzene rings is 3. The number of hydrogen-bond donors (Lipinski definition) is 2. The third-order valence-corrected chi connectivity index (χ3v) is 5.85. The average Bonchev–Trinajstić information content (AvgIpc) is 2.89. The van der Waals surface area contributed by atoms with Crippen LogP contribution in [0.15, 0.2) is 84.9 Å². The van der Waals surface area contributed by atoms with Crippen LogP contribution in [0.3, 0.4) is 0 Å². The summed E-state index contributed by atoms with van der Waals surface area (Å²) in [7, 11) is 0. The maximum absolute atomic E-state index is 13.4. The van der Waals surface area contributed by atoms with E-state index in [2.05, 4.69) is 20.3 Å². The van der Waals surface area contributed by atoms with Gasteiger partial charge in [-0.3, -0.25) is 0 Å². The fourth-order valence-corrected chi connectivity index (χ4v) is 3.88. The molecule has 10 heteroatoms. The first-order valence-electron chi connectivity index (χ1n) is 11.6. The van der Waals surface area contributed by atoms with Gasteiger partial charge in [-0.15, -0.1) is 0 Å². The molecule has 192 valence electrons. The predicted molar refractivity (Wildman–Crippen MR) is 137 cm³/mol. The van der Waals surface area contributed by atoms with Crippen LogP contribution in [0.4, 0.5) is 29.3 Å². The summed E-state index contributed by atoms with van der Waals surface area (Å²) in [4.78, 5) is 13.3. The molecule has 1 unspecified atom stereocenters. The van der Waals surface area contributed by atoms with Gasteiger partial charge in [0.05, 0.1) is 17.3 Å². The Kier molecular flexibility index (Phi) is 6.54. The Balaban J connectivity index is 1.54. The molecule has 0 fully saturated rings. The predicted octanol–water partition coefficient (Wildman–Crippen LogP) is 7.40. The van der Waals surface area contributed by atoms with Crippen LogP contribution in [0.1, 0.15) is 24.1 Å². The van der Waals surface area contributed by atoms with Crippen molar-refractivity contribution in [1.82, 2.24) is 15.0 Å². The van der Waals surface area contributed by atoms with E-state index in [0.29, 0.717) is 28.3 Å². The van der Waals surface area contributed by atoms with Gasteiger partial charge < -0.3 is 15.8 Å². The van der Waals surface area contributed by atoms with Gasteiger partial charge in [0.1, 0.15) is 17.2 Å². The summed E-state index contributed by atoms with van der Waals surface area (Å²) < 4.78 is 58.7. The monoisotopic (exact) mass is 519 g/mol. The molecule has 2 aromatic heterocycles. The third kappa shape index (κ3) is 5.49. The second kappa shape index (κ2) is 9.97. The van der Waals surface area contributed by atoms with Gasteiger partial charge in [-0.05, 0) is 55.0 Å². The van der Waals surface area contributed by atoms with E-state index < -0.39 is 11.7 Å². The Morgan fingerprint density at radius 2 is 1.61 bits per heavy atom. The Bertz CT molecular complexity index is 1590. The number of nitrogen functional groups attached to an aromatic ring is 1. The fraction of sp³-hybridized carbons (Fsp3) is 0.107. The lowest BCUT2D eigenvalue weighted by Gasteiger charge is -2.16. The van der Waals surface area contributed by atoms with Crippen LogP contribution in [-0.2, 0) is 6.18 Å². The summed E-state index contributed by atoms with van der Waals surface area (Å²) in [5.74, 6) is 0.658. The van der Waals surface area contributed by atoms with Crippen molar-refractivity contribution in [3.05, 3.63) is 102 Å². The molecule has 0 aliphatic rings. The lowest BCUT2D eigenvalue weighted by Crippen LogP contribution is -2.10. The number of pyridine rings is 1. The molecular formula is C28H21F4N5O. The molecule has 0 amide bonds. The minimum Gasteiger partial charge on any atom is -0.437 e. The van der Waals surface area contributed by atoms with Crippen LogP contribution in [-0.4, -0.2) is 15.0 Å². The highest BCUT2D eigenvalue weighted by molar-refractivity contribution is 5.86. The van der Waals surface area contributed by atoms with Crippen molar-refractivity contribution in [3.8, 4) is 22.9 Å². The molecule has 5 aromatic rings. The van der Waals surface area contributed by atoms with Crippen molar-refractivity contribution in [2.75, 3.05) is 11.1 Å². The number of ether oxygens (including phenoxy) is 1. The zero-order valence-electron chi connectivity index (χ0n) is 20.0. The van der Waals surface area contributed by atoms with Crippen LogP contribution in [0.5, 0.6) is 11.6 Å². The molecule has 3 N–H and O–H groups in total. The lowest BCUT2D eigenvalue weighted by atomic mass is 10.1. The summed E-state index contributed by atoms with van der Waals surface area (Å²) in [6.07, 6.45) is -4.46. The Labute approximate surface area is 215 Å². The van der Waals surface area contributed by atoms with E-state index in [0.717, 1.165) is 23.1 Å². The first-order chi connectivity index (χ1) is 18.2. The number of anilines is 2. The highest BCUT2D eigenvalue weighted by Gasteiger charge is 2.30. The number of hydrogen-bond acceptors (Lipinski definition) is 6. The van der Waals surface area contributed by atoms with Crippen molar-refractivity contribution in [1.29, 1.82) is 0 Å². The van der Waals surface area contributed by atoms with Crippen LogP contribution in [0.25, 0.3) is 22.2 Å². The second-order valence-corrected chi connectivity index (χ2v) is 8.57. The van der Waals surface area contributed by atoms with Crippen LogP contribution in [0.2, 0.25) is 0 Å². The largest absolute Gasteiger partial charge is 0.437 e. The maximum Gasteiger partial charge on any atom is 0.416 e. The molecule has 3 aromatic carbocycles. The standard InChI is InChI=1S/C28H21F4N5O/c1-16(17-7-12-21(29)13-8-17)34-27-35-22(18-5-10-20(11-6-18)28(30,31)32)15-25(37-27)38-23-4-2-3-19-9-14-24(33)36-26(19)23/h2-16H,1H3,(H2,33,36)(H,34,35,37). The number of nitrogens with zero attached hydrogens (tertiary/aromatic N) is 3. The summed E-state index contributed by atoms with van der Waals surface area (Å²) in [6, 6.07) is 20.7. The number of para-hydroxylation sites is 1. The topological polar surface area (TPSA) is 86.0 Å². The van der Waals surface area contributed by atoms with Gasteiger partial charge >= 0.3 is 6.18 Å². The Morgan fingerprint density at radius 1 is 0.868 bits per heavy atom. The van der Waals surface area contributed by atoms with Crippen molar-refractivity contribution >= 4 is 22.7 Å². The van der Waals surface area contributed by atoms with Gasteiger partial charge in [0.25, 0.3) is 0 Å². The number of nitrogens with two attached hydrogens (primary N) is 1. The number of aromatic nitrogens is 3. The van der Waals surface area contributed by atoms with Crippen LogP contribution >= 0.6 is 0 Å². The molecule has 5 rings (SSSR count). The van der Waals surface area contributed by atoms with E-state index >= 15 is 0 Å². The Hall–Kier alpha value is -4.73. The molecule has 0 saturated carbocycles. The SMILES string of the molecule is CC(Nc1nc(Oc2cccc3ccc(N)nc23)cc(-c2ccc(C(F)(F)F)cc2)n1)c1ccc(F)cc1. The molecule has 0 saturated heterocycles. The molecule has 0 aliphatic carbocycles. The number of rotatable bonds is 6. The van der Waals surface area contributed by atoms with E-state index in [1.54, 1.807) is 30.3 Å². The van der Waals surface area contributed by atoms with Crippen LogP contribution < -0.4 is 15.8 Å². The quantitative estimate of drug-likeness (QED) is 0.227. The molecular weight excluding hydrogens is 498 g/mol. The second-order valence-electron chi connectivity index (χ2n) is 8.57. The molecule has 0 bridgehead atoms. The zero-order chi connectivity index (χ0) is 26.9. The third-order valence-electron chi connectivity index (χ3n) is 5.85. The molecule has 38 heavy (non-hydrogen) atoms. The van der Waals surface area contributed by atoms with Gasteiger partial charge in [-0.25, -0.2) is 14.4 Å². The summed E-state index contributed by atoms with van der Waals surface area (Å²) in [5, 5.41) is 3.96. The van der Waals surface area contributed by atoms with Crippen molar-refractivity contribution in [2.24, 2.45) is 0 Å². The first-order valence-corrected chi connectivity index (χ1v) is 11.6. The number of alkyl halides is 3. The number of halogens is 4. The minimum absolute atomic E-state index is 0.139.